The molecule has 6 aliphatic heterocycles. The van der Waals surface area contributed by atoms with Gasteiger partial charge >= 0.3 is 12.2 Å². The number of imidazole rings is 2. The molecule has 6 aliphatic rings. The monoisotopic (exact) mass is 956 g/mol. The molecule has 2 bridgehead atoms. The molecule has 0 aliphatic carbocycles. The number of hydrogen-bond acceptors (Lipinski definition) is 11. The molecule has 2 aromatic heterocycles. The van der Waals surface area contributed by atoms with Crippen LogP contribution in [0.25, 0.3) is 44.2 Å². The zero-order valence-electron chi connectivity index (χ0n) is 41.0. The highest BCUT2D eigenvalue weighted by molar-refractivity contribution is 6.07. The molecule has 5 saturated heterocycles. The highest BCUT2D eigenvalue weighted by atomic mass is 16.5. The smallest absolute Gasteiger partial charge is 0.407 e. The Morgan fingerprint density at radius 2 is 1.64 bits per heavy atom. The van der Waals surface area contributed by atoms with E-state index in [1.165, 1.54) is 14.2 Å². The number of H-pyrrole nitrogens is 2. The lowest BCUT2D eigenvalue weighted by Gasteiger charge is -2.49. The van der Waals surface area contributed by atoms with Gasteiger partial charge in [0, 0.05) is 23.0 Å². The topological polar surface area (TPSA) is 202 Å². The molecule has 5 aromatic rings. The first-order chi connectivity index (χ1) is 33.7. The average Bonchev–Trinajstić information content (AvgIpc) is 4.16. The van der Waals surface area contributed by atoms with Gasteiger partial charge in [0.2, 0.25) is 11.8 Å². The number of hydrogen-bond donors (Lipinski definition) is 4. The van der Waals surface area contributed by atoms with E-state index in [2.05, 4.69) is 70.8 Å². The highest BCUT2D eigenvalue weighted by Crippen LogP contribution is 2.48. The number of likely N-dealkylation sites (tertiary alicyclic amines) is 1. The van der Waals surface area contributed by atoms with Crippen molar-refractivity contribution >= 4 is 45.8 Å². The molecule has 1 unspecified atom stereocenters. The van der Waals surface area contributed by atoms with Crippen LogP contribution in [0.5, 0.6) is 5.75 Å². The van der Waals surface area contributed by atoms with Crippen LogP contribution >= 0.6 is 0 Å². The molecule has 11 rings (SSSR count). The number of ether oxygens (including phenoxy) is 5. The fourth-order valence-corrected chi connectivity index (χ4v) is 13.3. The minimum atomic E-state index is -0.758. The first kappa shape index (κ1) is 46.2. The van der Waals surface area contributed by atoms with E-state index in [4.69, 9.17) is 33.7 Å². The number of aromatic amines is 2. The van der Waals surface area contributed by atoms with Gasteiger partial charge in [-0.3, -0.25) is 9.59 Å². The van der Waals surface area contributed by atoms with Gasteiger partial charge in [0.15, 0.2) is 0 Å². The SMILES string of the molecule is COC(=O)N[C@@H]1C(=O)N2[C@H](CC[C@H]2c2ncc(-c3ccc4c(c3)COc3cc5c(ccc6[nH]c([C@@H]7CC[C@H](C)N7C(=O)[C@@H](NC(=O)OC)C7C[C@@H](C)O[C@H](C)C7)nc65)cc3-4)[nH]2)C[C@@]2(C)CC1C[C@@H](C)O2. The highest BCUT2D eigenvalue weighted by Gasteiger charge is 2.53. The van der Waals surface area contributed by atoms with Gasteiger partial charge in [-0.2, -0.15) is 0 Å². The van der Waals surface area contributed by atoms with Crippen LogP contribution in [0.15, 0.2) is 48.7 Å². The van der Waals surface area contributed by atoms with Crippen LogP contribution in [0.3, 0.4) is 0 Å². The Kier molecular flexibility index (Phi) is 11.8. The third kappa shape index (κ3) is 8.21. The van der Waals surface area contributed by atoms with Gasteiger partial charge in [0.05, 0.1) is 73.1 Å². The lowest BCUT2D eigenvalue weighted by molar-refractivity contribution is -0.167. The fourth-order valence-electron chi connectivity index (χ4n) is 13.3. The first-order valence-corrected chi connectivity index (χ1v) is 25.1. The number of alkyl carbamates (subject to hydrolysis) is 2. The van der Waals surface area contributed by atoms with E-state index in [-0.39, 0.29) is 66.1 Å². The minimum Gasteiger partial charge on any atom is -0.488 e. The molecule has 0 spiro atoms. The summed E-state index contributed by atoms with van der Waals surface area (Å²) < 4.78 is 29.0. The van der Waals surface area contributed by atoms with Crippen LogP contribution in [0.4, 0.5) is 9.59 Å². The van der Waals surface area contributed by atoms with Gasteiger partial charge in [-0.05, 0) is 151 Å². The summed E-state index contributed by atoms with van der Waals surface area (Å²) in [5, 5.41) is 7.76. The number of methoxy groups -OCH3 is 2. The Morgan fingerprint density at radius 3 is 2.43 bits per heavy atom. The van der Waals surface area contributed by atoms with Gasteiger partial charge in [-0.1, -0.05) is 18.2 Å². The Labute approximate surface area is 407 Å². The lowest BCUT2D eigenvalue weighted by Crippen LogP contribution is -2.60. The van der Waals surface area contributed by atoms with Crippen LogP contribution in [-0.4, -0.2) is 116 Å². The summed E-state index contributed by atoms with van der Waals surface area (Å²) in [6.45, 7) is 10.6. The quantitative estimate of drug-likeness (QED) is 0.122. The van der Waals surface area contributed by atoms with E-state index in [1.54, 1.807) is 0 Å². The van der Waals surface area contributed by atoms with Crippen molar-refractivity contribution in [2.24, 2.45) is 11.8 Å². The number of carbonyl (C=O) groups excluding carboxylic acids is 4. The fraction of sp³-hybridized carbons (Fsp3) is 0.547. The number of carbonyl (C=O) groups is 4. The standard InChI is InChI=1S/C53H64N8O9/c1-26-8-14-42(60(26)49(62)44(58-51(64)66-6)32-16-27(2)69-28(3)17-32)48-55-39-13-10-30-20-38-36-12-9-31(19-34(36)25-68-43(38)21-37(30)46(39)57-48)40-24-54-47(56-40)41-15-11-35-23-53(5)22-33(18-29(4)70-53)45(50(63)61(35)41)59-52(65)67-7/h9-10,12-13,19-21,24,26-29,32-33,35,41-42,44-45H,8,11,14-18,22-23,25H2,1-7H3,(H,54,56)(H,55,57)(H,58,64)(H,59,65)/t26-,27+,28+,29+,33?,35+,41-,42-,44-,45-,53+/m0/s1. The van der Waals surface area contributed by atoms with Gasteiger partial charge in [0.1, 0.15) is 36.1 Å². The maximum atomic E-state index is 14.6. The van der Waals surface area contributed by atoms with Crippen LogP contribution in [-0.2, 0) is 35.1 Å². The van der Waals surface area contributed by atoms with Gasteiger partial charge < -0.3 is 54.1 Å². The van der Waals surface area contributed by atoms with Crippen LogP contribution in [0.1, 0.15) is 122 Å². The minimum absolute atomic E-state index is 0.0270. The van der Waals surface area contributed by atoms with E-state index < -0.39 is 29.9 Å². The molecular formula is C53H64N8O9. The van der Waals surface area contributed by atoms with E-state index in [0.29, 0.717) is 43.9 Å². The van der Waals surface area contributed by atoms with E-state index in [9.17, 15) is 19.2 Å². The molecule has 0 radical (unpaired) electrons. The largest absolute Gasteiger partial charge is 0.488 e. The van der Waals surface area contributed by atoms with Crippen molar-refractivity contribution in [1.82, 2.24) is 40.4 Å². The van der Waals surface area contributed by atoms with Crippen LogP contribution < -0.4 is 15.4 Å². The average molecular weight is 957 g/mol. The first-order valence-electron chi connectivity index (χ1n) is 25.1. The third-order valence-corrected chi connectivity index (χ3v) is 16.2. The number of benzene rings is 3. The van der Waals surface area contributed by atoms with Crippen molar-refractivity contribution in [3.8, 4) is 28.1 Å². The van der Waals surface area contributed by atoms with Gasteiger partial charge in [-0.15, -0.1) is 0 Å². The van der Waals surface area contributed by atoms with E-state index in [0.717, 1.165) is 87.6 Å². The Morgan fingerprint density at radius 1 is 0.857 bits per heavy atom. The number of nitrogens with zero attached hydrogens (tertiary/aromatic N) is 4. The molecule has 70 heavy (non-hydrogen) atoms. The summed E-state index contributed by atoms with van der Waals surface area (Å²) in [4.78, 5) is 75.5. The maximum Gasteiger partial charge on any atom is 0.407 e. The summed E-state index contributed by atoms with van der Waals surface area (Å²) >= 11 is 0. The maximum absolute atomic E-state index is 14.6. The summed E-state index contributed by atoms with van der Waals surface area (Å²) in [6.07, 6.45) is 6.97. The van der Waals surface area contributed by atoms with Crippen molar-refractivity contribution in [2.45, 2.75) is 159 Å². The summed E-state index contributed by atoms with van der Waals surface area (Å²) in [6, 6.07) is 12.6. The van der Waals surface area contributed by atoms with Gasteiger partial charge in [-0.25, -0.2) is 19.6 Å². The number of fused-ring (bicyclic) bond motifs is 9. The molecule has 11 atom stereocenters. The summed E-state index contributed by atoms with van der Waals surface area (Å²) in [7, 11) is 2.64. The molecule has 5 fully saturated rings. The summed E-state index contributed by atoms with van der Waals surface area (Å²) in [5.74, 6) is 1.78. The second-order valence-corrected chi connectivity index (χ2v) is 21.2. The van der Waals surface area contributed by atoms with Crippen molar-refractivity contribution in [1.29, 1.82) is 0 Å². The Bertz CT molecular complexity index is 2870. The number of nitrogens with one attached hydrogen (secondary N) is 4. The molecule has 0 saturated carbocycles. The molecule has 4 amide bonds. The van der Waals surface area contributed by atoms with Crippen molar-refractivity contribution in [3.05, 3.63) is 65.9 Å². The number of rotatable bonds is 7. The second kappa shape index (κ2) is 17.9. The van der Waals surface area contributed by atoms with E-state index >= 15 is 0 Å². The molecular weight excluding hydrogens is 893 g/mol. The second-order valence-electron chi connectivity index (χ2n) is 21.2. The predicted molar refractivity (Wildman–Crippen MR) is 260 cm³/mol. The molecule has 370 valence electrons. The molecule has 3 aromatic carbocycles. The normalized spacial score (nSPS) is 30.9. The lowest BCUT2D eigenvalue weighted by atomic mass is 9.75. The Balaban J connectivity index is 0.847. The zero-order valence-corrected chi connectivity index (χ0v) is 41.0. The number of aromatic nitrogens is 4. The summed E-state index contributed by atoms with van der Waals surface area (Å²) in [5.41, 5.74) is 6.16. The molecule has 17 heteroatoms. The van der Waals surface area contributed by atoms with Crippen molar-refractivity contribution in [3.63, 3.8) is 0 Å². The molecule has 17 nitrogen and oxygen atoms in total. The van der Waals surface area contributed by atoms with Gasteiger partial charge in [0.25, 0.3) is 0 Å². The molecule has 4 N–H and O–H groups in total. The Hall–Kier alpha value is -6.20. The van der Waals surface area contributed by atoms with E-state index in [1.807, 2.05) is 42.8 Å². The number of amides is 4. The third-order valence-electron chi connectivity index (χ3n) is 16.2. The van der Waals surface area contributed by atoms with Crippen molar-refractivity contribution < 1.29 is 42.9 Å². The predicted octanol–water partition coefficient (Wildman–Crippen LogP) is 8.38. The van der Waals surface area contributed by atoms with Crippen LogP contribution in [0.2, 0.25) is 0 Å². The zero-order chi connectivity index (χ0) is 48.7. The molecule has 8 heterocycles. The van der Waals surface area contributed by atoms with Crippen LogP contribution in [0, 0.1) is 11.8 Å². The van der Waals surface area contributed by atoms with Crippen molar-refractivity contribution in [2.75, 3.05) is 14.2 Å².